The number of thiophene rings is 1. The van der Waals surface area contributed by atoms with E-state index >= 15 is 0 Å². The van der Waals surface area contributed by atoms with Gasteiger partial charge in [0.05, 0.1) is 30.3 Å². The molecule has 0 radical (unpaired) electrons. The average Bonchev–Trinajstić information content (AvgIpc) is 3.31. The number of nitrogens with zero attached hydrogens (tertiary/aromatic N) is 1. The summed E-state index contributed by atoms with van der Waals surface area (Å²) in [5.41, 5.74) is 0.192. The molecule has 0 saturated carbocycles. The van der Waals surface area contributed by atoms with E-state index in [4.69, 9.17) is 14.2 Å². The molecule has 0 aliphatic heterocycles. The Hall–Kier alpha value is -3.59. The van der Waals surface area contributed by atoms with E-state index in [0.717, 1.165) is 0 Å². The molecule has 31 heavy (non-hydrogen) atoms. The molecular formula is C22H24N2O6S. The molecule has 1 heterocycles. The lowest BCUT2D eigenvalue weighted by Crippen LogP contribution is -2.35. The fourth-order valence-corrected chi connectivity index (χ4v) is 3.25. The second kappa shape index (κ2) is 11.6. The van der Waals surface area contributed by atoms with Crippen molar-refractivity contribution in [3.8, 4) is 11.5 Å². The molecule has 1 N–H and O–H groups in total. The van der Waals surface area contributed by atoms with Gasteiger partial charge in [0.1, 0.15) is 0 Å². The van der Waals surface area contributed by atoms with Gasteiger partial charge in [-0.25, -0.2) is 4.79 Å². The zero-order chi connectivity index (χ0) is 22.8. The Labute approximate surface area is 184 Å². The van der Waals surface area contributed by atoms with Gasteiger partial charge in [-0.1, -0.05) is 18.2 Å². The van der Waals surface area contributed by atoms with Gasteiger partial charge in [0.25, 0.3) is 11.8 Å². The van der Waals surface area contributed by atoms with Crippen LogP contribution in [0.1, 0.15) is 20.0 Å². The lowest BCUT2D eigenvalue weighted by atomic mass is 10.1. The molecule has 0 atom stereocenters. The maximum Gasteiger partial charge on any atom is 0.340 e. The highest BCUT2D eigenvalue weighted by Crippen LogP contribution is 2.34. The van der Waals surface area contributed by atoms with Crippen molar-refractivity contribution in [2.24, 2.45) is 0 Å². The molecular weight excluding hydrogens is 420 g/mol. The van der Waals surface area contributed by atoms with E-state index in [9.17, 15) is 14.4 Å². The molecule has 164 valence electrons. The number of esters is 1. The summed E-state index contributed by atoms with van der Waals surface area (Å²) in [6.07, 6.45) is 3.13. The summed E-state index contributed by atoms with van der Waals surface area (Å²) >= 11 is 1.26. The minimum atomic E-state index is -0.798. The van der Waals surface area contributed by atoms with Crippen molar-refractivity contribution in [1.82, 2.24) is 4.90 Å². The highest BCUT2D eigenvalue weighted by Gasteiger charge is 2.22. The summed E-state index contributed by atoms with van der Waals surface area (Å²) in [4.78, 5) is 39.5. The minimum Gasteiger partial charge on any atom is -0.493 e. The van der Waals surface area contributed by atoms with Crippen molar-refractivity contribution in [3.63, 3.8) is 0 Å². The number of amides is 2. The number of carbonyl (C=O) groups excluding carboxylic acids is 3. The third-order valence-electron chi connectivity index (χ3n) is 4.12. The molecule has 0 spiro atoms. The van der Waals surface area contributed by atoms with Gasteiger partial charge in [0, 0.05) is 25.2 Å². The van der Waals surface area contributed by atoms with Gasteiger partial charge in [-0.2, -0.15) is 0 Å². The molecule has 0 unspecified atom stereocenters. The van der Waals surface area contributed by atoms with E-state index < -0.39 is 24.4 Å². The van der Waals surface area contributed by atoms with Crippen LogP contribution in [0.4, 0.5) is 5.69 Å². The smallest absolute Gasteiger partial charge is 0.340 e. The van der Waals surface area contributed by atoms with Gasteiger partial charge < -0.3 is 24.4 Å². The van der Waals surface area contributed by atoms with E-state index in [1.54, 1.807) is 29.7 Å². The third-order valence-corrected chi connectivity index (χ3v) is 4.98. The second-order valence-electron chi connectivity index (χ2n) is 6.14. The first kappa shape index (κ1) is 23.7. The zero-order valence-electron chi connectivity index (χ0n) is 17.4. The van der Waals surface area contributed by atoms with Crippen LogP contribution in [0.15, 0.2) is 55.0 Å². The van der Waals surface area contributed by atoms with Crippen LogP contribution in [-0.2, 0) is 9.53 Å². The van der Waals surface area contributed by atoms with E-state index in [0.29, 0.717) is 23.7 Å². The predicted molar refractivity (Wildman–Crippen MR) is 119 cm³/mol. The predicted octanol–water partition coefficient (Wildman–Crippen LogP) is 3.38. The molecule has 0 bridgehead atoms. The van der Waals surface area contributed by atoms with Gasteiger partial charge in [-0.15, -0.1) is 24.5 Å². The fourth-order valence-electron chi connectivity index (χ4n) is 2.63. The summed E-state index contributed by atoms with van der Waals surface area (Å²) < 4.78 is 15.7. The molecule has 2 rings (SSSR count). The van der Waals surface area contributed by atoms with Crippen LogP contribution in [0, 0.1) is 0 Å². The molecule has 1 aromatic carbocycles. The molecule has 2 aromatic rings. The van der Waals surface area contributed by atoms with Gasteiger partial charge >= 0.3 is 5.97 Å². The normalized spacial score (nSPS) is 10.0. The van der Waals surface area contributed by atoms with E-state index in [2.05, 4.69) is 18.5 Å². The number of ether oxygens (including phenoxy) is 3. The van der Waals surface area contributed by atoms with Crippen LogP contribution < -0.4 is 14.8 Å². The summed E-state index contributed by atoms with van der Waals surface area (Å²) in [6.45, 7) is 7.31. The SMILES string of the molecule is C=CCN(CC=C)C(=O)COC(=O)c1cc(OC)c(OC)cc1NC(=O)c1cccs1. The standard InChI is InChI=1S/C22H24N2O6S/c1-5-9-24(10-6-2)20(25)14-30-22(27)15-12-17(28-3)18(29-4)13-16(15)23-21(26)19-8-7-11-31-19/h5-8,11-13H,1-2,9-10,14H2,3-4H3,(H,23,26). The van der Waals surface area contributed by atoms with E-state index in [-0.39, 0.29) is 17.0 Å². The number of nitrogens with one attached hydrogen (secondary N) is 1. The summed E-state index contributed by atoms with van der Waals surface area (Å²) in [5, 5.41) is 4.45. The third kappa shape index (κ3) is 6.19. The zero-order valence-corrected chi connectivity index (χ0v) is 18.2. The van der Waals surface area contributed by atoms with E-state index in [1.165, 1.54) is 42.6 Å². The highest BCUT2D eigenvalue weighted by molar-refractivity contribution is 7.12. The van der Waals surface area contributed by atoms with Gasteiger partial charge in [0.2, 0.25) is 0 Å². The first-order valence-corrected chi connectivity index (χ1v) is 10.1. The van der Waals surface area contributed by atoms with Crippen LogP contribution in [0.25, 0.3) is 0 Å². The monoisotopic (exact) mass is 444 g/mol. The maximum absolute atomic E-state index is 12.8. The lowest BCUT2D eigenvalue weighted by Gasteiger charge is -2.19. The van der Waals surface area contributed by atoms with Gasteiger partial charge in [0.15, 0.2) is 18.1 Å². The van der Waals surface area contributed by atoms with Crippen LogP contribution in [0.2, 0.25) is 0 Å². The number of methoxy groups -OCH3 is 2. The van der Waals surface area contributed by atoms with Crippen LogP contribution in [-0.4, -0.2) is 56.6 Å². The van der Waals surface area contributed by atoms with Crippen molar-refractivity contribution >= 4 is 34.8 Å². The topological polar surface area (TPSA) is 94.2 Å². The van der Waals surface area contributed by atoms with Crippen LogP contribution in [0.5, 0.6) is 11.5 Å². The minimum absolute atomic E-state index is 0.0225. The summed E-state index contributed by atoms with van der Waals surface area (Å²) in [5.74, 6) is -1.00. The van der Waals surface area contributed by atoms with Crippen molar-refractivity contribution < 1.29 is 28.6 Å². The molecule has 1 aromatic heterocycles. The first-order chi connectivity index (χ1) is 14.9. The molecule has 0 aliphatic carbocycles. The molecule has 0 saturated heterocycles. The number of rotatable bonds is 11. The van der Waals surface area contributed by atoms with Crippen molar-refractivity contribution in [2.45, 2.75) is 0 Å². The Bertz CT molecular complexity index is 945. The summed E-state index contributed by atoms with van der Waals surface area (Å²) in [6, 6.07) is 6.25. The Kier molecular flexibility index (Phi) is 8.83. The highest BCUT2D eigenvalue weighted by atomic mass is 32.1. The van der Waals surface area contributed by atoms with Gasteiger partial charge in [-0.05, 0) is 11.4 Å². The van der Waals surface area contributed by atoms with Crippen LogP contribution in [0.3, 0.4) is 0 Å². The maximum atomic E-state index is 12.8. The van der Waals surface area contributed by atoms with Crippen molar-refractivity contribution in [3.05, 3.63) is 65.4 Å². The molecule has 0 fully saturated rings. The molecule has 2 amide bonds. The quantitative estimate of drug-likeness (QED) is 0.422. The summed E-state index contributed by atoms with van der Waals surface area (Å²) in [7, 11) is 2.86. The lowest BCUT2D eigenvalue weighted by molar-refractivity contribution is -0.133. The average molecular weight is 445 g/mol. The number of hydrogen-bond acceptors (Lipinski definition) is 7. The number of benzene rings is 1. The Morgan fingerprint density at radius 1 is 1.10 bits per heavy atom. The second-order valence-corrected chi connectivity index (χ2v) is 7.08. The van der Waals surface area contributed by atoms with Crippen molar-refractivity contribution in [2.75, 3.05) is 39.2 Å². The molecule has 0 aliphatic rings. The Morgan fingerprint density at radius 2 is 1.74 bits per heavy atom. The molecule has 9 heteroatoms. The molecule has 8 nitrogen and oxygen atoms in total. The fraction of sp³-hybridized carbons (Fsp3) is 0.227. The first-order valence-electron chi connectivity index (χ1n) is 9.22. The van der Waals surface area contributed by atoms with Gasteiger partial charge in [-0.3, -0.25) is 9.59 Å². The number of anilines is 1. The van der Waals surface area contributed by atoms with E-state index in [1.807, 2.05) is 0 Å². The number of carbonyl (C=O) groups is 3. The Morgan fingerprint density at radius 3 is 2.29 bits per heavy atom. The van der Waals surface area contributed by atoms with Crippen molar-refractivity contribution in [1.29, 1.82) is 0 Å². The Balaban J connectivity index is 2.26. The number of hydrogen-bond donors (Lipinski definition) is 1. The largest absolute Gasteiger partial charge is 0.493 e. The van der Waals surface area contributed by atoms with Crippen LogP contribution >= 0.6 is 11.3 Å².